The number of nitrogens with zero attached hydrogens (tertiary/aromatic N) is 4. The molecule has 2 amide bonds. The Morgan fingerprint density at radius 2 is 1.91 bits per heavy atom. The summed E-state index contributed by atoms with van der Waals surface area (Å²) >= 11 is 0. The molecule has 1 aromatic carbocycles. The van der Waals surface area contributed by atoms with Gasteiger partial charge in [-0.25, -0.2) is 0 Å². The van der Waals surface area contributed by atoms with Gasteiger partial charge in [0, 0.05) is 65.0 Å². The van der Waals surface area contributed by atoms with Gasteiger partial charge in [0.2, 0.25) is 0 Å². The minimum atomic E-state index is -0.258. The number of benzene rings is 1. The maximum absolute atomic E-state index is 12.5. The summed E-state index contributed by atoms with van der Waals surface area (Å²) in [6, 6.07) is 7.63. The third kappa shape index (κ3) is 6.67. The van der Waals surface area contributed by atoms with E-state index >= 15 is 0 Å². The maximum Gasteiger partial charge on any atom is 0.251 e. The number of hydrogen-bond donors (Lipinski definition) is 2. The Bertz CT molecular complexity index is 799. The fraction of sp³-hybridized carbons (Fsp3) is 0.609. The van der Waals surface area contributed by atoms with Crippen molar-refractivity contribution in [3.63, 3.8) is 0 Å². The van der Waals surface area contributed by atoms with Crippen molar-refractivity contribution < 1.29 is 14.3 Å². The lowest BCUT2D eigenvalue weighted by Gasteiger charge is -2.37. The highest BCUT2D eigenvalue weighted by atomic mass is 16.5. The second-order valence-electron chi connectivity index (χ2n) is 8.47. The third-order valence-electron chi connectivity index (χ3n) is 5.79. The van der Waals surface area contributed by atoms with Gasteiger partial charge in [-0.2, -0.15) is 0 Å². The average Bonchev–Trinajstić information content (AvgIpc) is 3.34. The molecule has 0 radical (unpaired) electrons. The molecule has 0 aromatic heterocycles. The minimum Gasteiger partial charge on any atom is -0.368 e. The predicted molar refractivity (Wildman–Crippen MR) is 125 cm³/mol. The van der Waals surface area contributed by atoms with Crippen LogP contribution >= 0.6 is 0 Å². The number of amides is 2. The van der Waals surface area contributed by atoms with Gasteiger partial charge in [0.15, 0.2) is 5.96 Å². The van der Waals surface area contributed by atoms with Crippen LogP contribution in [-0.2, 0) is 16.1 Å². The monoisotopic (exact) mass is 444 g/mol. The molecule has 0 aliphatic carbocycles. The molecule has 9 nitrogen and oxygen atoms in total. The summed E-state index contributed by atoms with van der Waals surface area (Å²) < 4.78 is 5.54. The number of carbonyl (C=O) groups excluding carboxylic acids is 2. The first-order chi connectivity index (χ1) is 15.5. The van der Waals surface area contributed by atoms with Crippen LogP contribution in [0, 0.1) is 0 Å². The second kappa shape index (κ2) is 11.8. The lowest BCUT2D eigenvalue weighted by atomic mass is 10.1. The van der Waals surface area contributed by atoms with Gasteiger partial charge in [-0.05, 0) is 44.6 Å². The molecular formula is C23H36N6O3. The van der Waals surface area contributed by atoms with Crippen molar-refractivity contribution >= 4 is 17.8 Å². The molecule has 0 saturated carbocycles. The van der Waals surface area contributed by atoms with Gasteiger partial charge in [0.05, 0.1) is 0 Å². The van der Waals surface area contributed by atoms with Crippen LogP contribution < -0.4 is 10.6 Å². The molecule has 9 heteroatoms. The molecule has 3 rings (SSSR count). The van der Waals surface area contributed by atoms with Crippen LogP contribution in [0.4, 0.5) is 0 Å². The van der Waals surface area contributed by atoms with Gasteiger partial charge in [0.25, 0.3) is 11.8 Å². The molecule has 0 bridgehead atoms. The molecule has 1 atom stereocenters. The highest BCUT2D eigenvalue weighted by molar-refractivity contribution is 5.94. The zero-order chi connectivity index (χ0) is 22.9. The topological polar surface area (TPSA) is 89.5 Å². The minimum absolute atomic E-state index is 0.0647. The molecule has 2 aliphatic heterocycles. The Balaban J connectivity index is 1.47. The second-order valence-corrected chi connectivity index (χ2v) is 8.47. The quantitative estimate of drug-likeness (QED) is 0.467. The van der Waals surface area contributed by atoms with E-state index in [9.17, 15) is 9.59 Å². The van der Waals surface area contributed by atoms with E-state index in [4.69, 9.17) is 4.74 Å². The van der Waals surface area contributed by atoms with E-state index in [1.54, 1.807) is 7.05 Å². The molecule has 2 heterocycles. The first kappa shape index (κ1) is 24.0. The lowest BCUT2D eigenvalue weighted by Crippen LogP contribution is -2.55. The summed E-state index contributed by atoms with van der Waals surface area (Å²) in [6.07, 6.45) is 1.53. The van der Waals surface area contributed by atoms with Gasteiger partial charge in [-0.1, -0.05) is 12.1 Å². The Morgan fingerprint density at radius 1 is 1.16 bits per heavy atom. The van der Waals surface area contributed by atoms with Crippen LogP contribution in [0.5, 0.6) is 0 Å². The van der Waals surface area contributed by atoms with Crippen LogP contribution in [0.15, 0.2) is 29.3 Å². The standard InChI is InChI=1S/C23H36N6O3/c1-24-23(29-13-11-28(12-14-29)22(31)20-8-5-15-32-20)26-17-18-6-4-7-19(16-18)21(30)25-9-10-27(2)3/h4,6-7,16,20H,5,8-15,17H2,1-3H3,(H,24,26)(H,25,30). The van der Waals surface area contributed by atoms with Crippen LogP contribution in [0.1, 0.15) is 28.8 Å². The van der Waals surface area contributed by atoms with Gasteiger partial charge in [0.1, 0.15) is 6.10 Å². The lowest BCUT2D eigenvalue weighted by molar-refractivity contribution is -0.142. The van der Waals surface area contributed by atoms with Crippen molar-refractivity contribution in [1.29, 1.82) is 0 Å². The molecule has 176 valence electrons. The fourth-order valence-corrected chi connectivity index (χ4v) is 3.95. The zero-order valence-electron chi connectivity index (χ0n) is 19.5. The van der Waals surface area contributed by atoms with E-state index in [0.29, 0.717) is 38.3 Å². The van der Waals surface area contributed by atoms with Crippen LogP contribution in [0.25, 0.3) is 0 Å². The van der Waals surface area contributed by atoms with Gasteiger partial charge < -0.3 is 30.1 Å². The van der Waals surface area contributed by atoms with Gasteiger partial charge >= 0.3 is 0 Å². The van der Waals surface area contributed by atoms with E-state index < -0.39 is 0 Å². The van der Waals surface area contributed by atoms with E-state index in [-0.39, 0.29) is 17.9 Å². The Labute approximate surface area is 190 Å². The normalized spacial score (nSPS) is 19.4. The largest absolute Gasteiger partial charge is 0.368 e. The van der Waals surface area contributed by atoms with Crippen LogP contribution in [0.3, 0.4) is 0 Å². The number of rotatable bonds is 7. The van der Waals surface area contributed by atoms with Gasteiger partial charge in [-0.3, -0.25) is 14.6 Å². The van der Waals surface area contributed by atoms with Crippen molar-refractivity contribution in [2.75, 3.05) is 67.0 Å². The molecule has 2 N–H and O–H groups in total. The highest BCUT2D eigenvalue weighted by Gasteiger charge is 2.30. The fourth-order valence-electron chi connectivity index (χ4n) is 3.95. The van der Waals surface area contributed by atoms with Crippen LogP contribution in [-0.4, -0.2) is 106 Å². The van der Waals surface area contributed by atoms with Crippen LogP contribution in [0.2, 0.25) is 0 Å². The molecule has 1 aromatic rings. The number of carbonyl (C=O) groups is 2. The number of nitrogens with one attached hydrogen (secondary N) is 2. The summed E-state index contributed by atoms with van der Waals surface area (Å²) in [7, 11) is 5.72. The molecule has 0 spiro atoms. The summed E-state index contributed by atoms with van der Waals surface area (Å²) in [5.41, 5.74) is 1.66. The number of aliphatic imine (C=N–C) groups is 1. The molecule has 2 fully saturated rings. The van der Waals surface area contributed by atoms with Crippen molar-refractivity contribution in [2.45, 2.75) is 25.5 Å². The van der Waals surface area contributed by atoms with E-state index in [1.807, 2.05) is 48.2 Å². The summed E-state index contributed by atoms with van der Waals surface area (Å²) in [4.78, 5) is 35.4. The summed E-state index contributed by atoms with van der Waals surface area (Å²) in [6.45, 7) is 5.47. The van der Waals surface area contributed by atoms with Crippen molar-refractivity contribution in [1.82, 2.24) is 25.3 Å². The van der Waals surface area contributed by atoms with Crippen molar-refractivity contribution in [3.8, 4) is 0 Å². The first-order valence-electron chi connectivity index (χ1n) is 11.4. The number of piperazine rings is 1. The summed E-state index contributed by atoms with van der Waals surface area (Å²) in [5, 5.41) is 6.33. The molecular weight excluding hydrogens is 408 g/mol. The van der Waals surface area contributed by atoms with E-state index in [0.717, 1.165) is 44.0 Å². The van der Waals surface area contributed by atoms with E-state index in [1.165, 1.54) is 0 Å². The average molecular weight is 445 g/mol. The molecule has 2 saturated heterocycles. The van der Waals surface area contributed by atoms with E-state index in [2.05, 4.69) is 20.5 Å². The first-order valence-corrected chi connectivity index (χ1v) is 11.4. The third-order valence-corrected chi connectivity index (χ3v) is 5.79. The smallest absolute Gasteiger partial charge is 0.251 e. The molecule has 2 aliphatic rings. The summed E-state index contributed by atoms with van der Waals surface area (Å²) in [5.74, 6) is 0.853. The van der Waals surface area contributed by atoms with Crippen molar-refractivity contribution in [3.05, 3.63) is 35.4 Å². The number of hydrogen-bond acceptors (Lipinski definition) is 5. The SMILES string of the molecule is CN=C(NCc1cccc(C(=O)NCCN(C)C)c1)N1CCN(C(=O)C2CCCO2)CC1. The number of likely N-dealkylation sites (N-methyl/N-ethyl adjacent to an activating group) is 1. The molecule has 1 unspecified atom stereocenters. The Morgan fingerprint density at radius 3 is 2.56 bits per heavy atom. The Kier molecular flexibility index (Phi) is 8.87. The number of guanidine groups is 1. The predicted octanol–water partition coefficient (Wildman–Crippen LogP) is 0.377. The van der Waals surface area contributed by atoms with Crippen molar-refractivity contribution in [2.24, 2.45) is 4.99 Å². The zero-order valence-corrected chi connectivity index (χ0v) is 19.5. The maximum atomic E-state index is 12.5. The highest BCUT2D eigenvalue weighted by Crippen LogP contribution is 2.16. The number of ether oxygens (including phenoxy) is 1. The Hall–Kier alpha value is -2.65. The molecule has 32 heavy (non-hydrogen) atoms. The van der Waals surface area contributed by atoms with Gasteiger partial charge in [-0.15, -0.1) is 0 Å².